The Bertz CT molecular complexity index is 489. The van der Waals surface area contributed by atoms with E-state index in [0.29, 0.717) is 6.08 Å². The molecule has 0 N–H and O–H groups in total. The van der Waals surface area contributed by atoms with E-state index in [2.05, 4.69) is 16.5 Å². The Morgan fingerprint density at radius 2 is 2.00 bits per heavy atom. The minimum Gasteiger partial charge on any atom is -0.362 e. The van der Waals surface area contributed by atoms with E-state index in [1.165, 1.54) is 0 Å². The van der Waals surface area contributed by atoms with Gasteiger partial charge in [0.05, 0.1) is 6.61 Å². The number of nitroso groups, excluding NO2 is 1. The summed E-state index contributed by atoms with van der Waals surface area (Å²) < 4.78 is 68.0. The van der Waals surface area contributed by atoms with Crippen LogP contribution >= 0.6 is 0 Å². The lowest BCUT2D eigenvalue weighted by atomic mass is 10.1. The number of hydrogen-bond donors (Lipinski definition) is 0. The lowest BCUT2D eigenvalue weighted by Gasteiger charge is -2.19. The molecule has 0 heterocycles. The summed E-state index contributed by atoms with van der Waals surface area (Å²) in [5.74, 6) is -2.57. The highest BCUT2D eigenvalue weighted by molar-refractivity contribution is 5.22. The monoisotopic (exact) mass is 295 g/mol. The van der Waals surface area contributed by atoms with Gasteiger partial charge in [-0.05, 0) is 6.07 Å². The van der Waals surface area contributed by atoms with Crippen LogP contribution < -0.4 is 0 Å². The molecule has 0 aliphatic heterocycles. The van der Waals surface area contributed by atoms with Crippen LogP contribution in [0.2, 0.25) is 0 Å². The van der Waals surface area contributed by atoms with Crippen LogP contribution in [0.1, 0.15) is 11.6 Å². The Kier molecular flexibility index (Phi) is 5.32. The number of rotatable bonds is 6. The topological polar surface area (TPSA) is 38.7 Å². The number of halogens is 5. The average Bonchev–Trinajstić information content (AvgIpc) is 2.37. The second-order valence-electron chi connectivity index (χ2n) is 3.80. The maximum atomic E-state index is 13.4. The normalized spacial score (nSPS) is 14.7. The van der Waals surface area contributed by atoms with Crippen LogP contribution in [-0.4, -0.2) is 18.9 Å². The number of hydrogen-bond acceptors (Lipinski definition) is 3. The van der Waals surface area contributed by atoms with Gasteiger partial charge in [-0.15, -0.1) is 6.58 Å². The molecule has 0 saturated heterocycles. The van der Waals surface area contributed by atoms with Gasteiger partial charge in [0, 0.05) is 5.56 Å². The largest absolute Gasteiger partial charge is 0.418 e. The predicted octanol–water partition coefficient (Wildman–Crippen LogP) is 3.91. The van der Waals surface area contributed by atoms with Crippen LogP contribution in [0.5, 0.6) is 0 Å². The summed E-state index contributed by atoms with van der Waals surface area (Å²) in [5, 5.41) is 2.47. The van der Waals surface area contributed by atoms with Gasteiger partial charge in [-0.3, -0.25) is 0 Å². The molecule has 110 valence electrons. The first-order valence-electron chi connectivity index (χ1n) is 5.38. The van der Waals surface area contributed by atoms with E-state index in [1.54, 1.807) is 0 Å². The van der Waals surface area contributed by atoms with Gasteiger partial charge in [0.1, 0.15) is 6.04 Å². The molecule has 0 fully saturated rings. The van der Waals surface area contributed by atoms with Crippen LogP contribution in [-0.2, 0) is 4.74 Å². The zero-order chi connectivity index (χ0) is 15.3. The van der Waals surface area contributed by atoms with Crippen molar-refractivity contribution in [3.05, 3.63) is 53.0 Å². The molecule has 1 rings (SSSR count). The Morgan fingerprint density at radius 1 is 1.35 bits per heavy atom. The third-order valence-corrected chi connectivity index (χ3v) is 2.44. The second-order valence-corrected chi connectivity index (χ2v) is 3.80. The summed E-state index contributed by atoms with van der Waals surface area (Å²) in [6.45, 7) is 2.10. The van der Waals surface area contributed by atoms with E-state index in [0.717, 1.165) is 18.2 Å². The van der Waals surface area contributed by atoms with Crippen molar-refractivity contribution in [1.29, 1.82) is 0 Å². The molecule has 0 aliphatic rings. The van der Waals surface area contributed by atoms with E-state index >= 15 is 0 Å². The number of nitrogens with zero attached hydrogens (tertiary/aromatic N) is 1. The highest BCUT2D eigenvalue weighted by Crippen LogP contribution is 2.27. The van der Waals surface area contributed by atoms with Crippen molar-refractivity contribution in [2.45, 2.75) is 18.3 Å². The van der Waals surface area contributed by atoms with Gasteiger partial charge in [0.25, 0.3) is 0 Å². The molecule has 0 spiro atoms. The fraction of sp³-hybridized carbons (Fsp3) is 0.333. The molecule has 1 unspecified atom stereocenters. The molecule has 3 nitrogen and oxygen atoms in total. The Morgan fingerprint density at radius 3 is 2.50 bits per heavy atom. The smallest absolute Gasteiger partial charge is 0.362 e. The summed E-state index contributed by atoms with van der Waals surface area (Å²) in [7, 11) is 0. The minimum absolute atomic E-state index is 0.468. The van der Waals surface area contributed by atoms with Gasteiger partial charge >= 0.3 is 6.18 Å². The van der Waals surface area contributed by atoms with Crippen LogP contribution in [0, 0.1) is 16.5 Å². The van der Waals surface area contributed by atoms with Gasteiger partial charge < -0.3 is 4.74 Å². The van der Waals surface area contributed by atoms with E-state index in [1.807, 2.05) is 0 Å². The van der Waals surface area contributed by atoms with Crippen LogP contribution in [0.15, 0.2) is 36.0 Å². The van der Waals surface area contributed by atoms with E-state index in [-0.39, 0.29) is 0 Å². The first-order valence-corrected chi connectivity index (χ1v) is 5.38. The molecular weight excluding hydrogens is 285 g/mol. The van der Waals surface area contributed by atoms with Crippen molar-refractivity contribution in [1.82, 2.24) is 0 Å². The maximum Gasteiger partial charge on any atom is 0.418 e. The number of ether oxygens (including phenoxy) is 1. The average molecular weight is 295 g/mol. The Balaban J connectivity index is 2.85. The van der Waals surface area contributed by atoms with Crippen molar-refractivity contribution in [3.63, 3.8) is 0 Å². The van der Waals surface area contributed by atoms with Gasteiger partial charge in [-0.2, -0.15) is 18.1 Å². The summed E-state index contributed by atoms with van der Waals surface area (Å²) >= 11 is 0. The van der Waals surface area contributed by atoms with Crippen molar-refractivity contribution in [3.8, 4) is 0 Å². The van der Waals surface area contributed by atoms with E-state index in [9.17, 15) is 26.9 Å². The fourth-order valence-corrected chi connectivity index (χ4v) is 1.45. The van der Waals surface area contributed by atoms with Gasteiger partial charge in [-0.1, -0.05) is 23.4 Å². The molecule has 20 heavy (non-hydrogen) atoms. The molecule has 0 amide bonds. The minimum atomic E-state index is -4.71. The van der Waals surface area contributed by atoms with E-state index < -0.39 is 42.1 Å². The molecule has 1 aromatic carbocycles. The summed E-state index contributed by atoms with van der Waals surface area (Å²) in [6.07, 6.45) is -6.54. The Hall–Kier alpha value is -1.83. The lowest BCUT2D eigenvalue weighted by Crippen LogP contribution is -2.31. The van der Waals surface area contributed by atoms with Crippen molar-refractivity contribution in [2.24, 2.45) is 5.18 Å². The quantitative estimate of drug-likeness (QED) is 0.453. The summed E-state index contributed by atoms with van der Waals surface area (Å²) in [5.41, 5.74) is -0.468. The molecule has 0 saturated carbocycles. The molecular formula is C12H10F5NO2. The maximum absolute atomic E-state index is 13.4. The molecule has 0 radical (unpaired) electrons. The predicted molar refractivity (Wildman–Crippen MR) is 60.9 cm³/mol. The summed E-state index contributed by atoms with van der Waals surface area (Å²) in [6, 6.07) is 1.38. The highest BCUT2D eigenvalue weighted by Gasteiger charge is 2.39. The van der Waals surface area contributed by atoms with Crippen molar-refractivity contribution >= 4 is 0 Å². The third kappa shape index (κ3) is 3.83. The van der Waals surface area contributed by atoms with Crippen LogP contribution in [0.4, 0.5) is 22.0 Å². The van der Waals surface area contributed by atoms with Gasteiger partial charge in [0.15, 0.2) is 17.7 Å². The van der Waals surface area contributed by atoms with Crippen LogP contribution in [0.25, 0.3) is 0 Å². The molecule has 8 heteroatoms. The molecule has 0 aliphatic carbocycles. The lowest BCUT2D eigenvalue weighted by molar-refractivity contribution is -0.204. The second kappa shape index (κ2) is 6.56. The number of benzene rings is 1. The van der Waals surface area contributed by atoms with Gasteiger partial charge in [-0.25, -0.2) is 8.78 Å². The SMILES string of the molecule is C=C[C@H](OCC(N=O)c1cccc(F)c1F)C(F)(F)F. The van der Waals surface area contributed by atoms with E-state index in [4.69, 9.17) is 0 Å². The number of alkyl halides is 3. The standard InChI is InChI=1S/C12H10F5NO2/c1-2-10(12(15,16)17)20-6-9(18-19)7-4-3-5-8(13)11(7)14/h2-5,9-10H,1,6H2/t9?,10-/m0/s1. The van der Waals surface area contributed by atoms with Crippen LogP contribution in [0.3, 0.4) is 0 Å². The van der Waals surface area contributed by atoms with Crippen molar-refractivity contribution in [2.75, 3.05) is 6.61 Å². The first-order chi connectivity index (χ1) is 9.31. The highest BCUT2D eigenvalue weighted by atomic mass is 19.4. The zero-order valence-electron chi connectivity index (χ0n) is 10.0. The first kappa shape index (κ1) is 16.2. The molecule has 0 bridgehead atoms. The summed E-state index contributed by atoms with van der Waals surface area (Å²) in [4.78, 5) is 10.6. The fourth-order valence-electron chi connectivity index (χ4n) is 1.45. The molecule has 2 atom stereocenters. The van der Waals surface area contributed by atoms with Crippen molar-refractivity contribution < 1.29 is 26.7 Å². The van der Waals surface area contributed by atoms with Gasteiger partial charge in [0.2, 0.25) is 0 Å². The third-order valence-electron chi connectivity index (χ3n) is 2.44. The Labute approximate surface area is 111 Å². The zero-order valence-corrected chi connectivity index (χ0v) is 10.0. The molecule has 0 aromatic heterocycles. The molecule has 1 aromatic rings.